The summed E-state index contributed by atoms with van der Waals surface area (Å²) in [4.78, 5) is 11.5. The van der Waals surface area contributed by atoms with Crippen molar-refractivity contribution in [2.45, 2.75) is 78.9 Å². The number of carbonyl (C=O) groups is 1. The molecule has 0 unspecified atom stereocenters. The lowest BCUT2D eigenvalue weighted by atomic mass is 10.1. The van der Waals surface area contributed by atoms with E-state index in [4.69, 9.17) is 4.43 Å². The summed E-state index contributed by atoms with van der Waals surface area (Å²) < 4.78 is 6.33. The molecule has 3 heteroatoms. The first-order chi connectivity index (χ1) is 10.4. The van der Waals surface area contributed by atoms with Crippen molar-refractivity contribution in [3.05, 3.63) is 41.4 Å². The molecule has 130 valence electrons. The van der Waals surface area contributed by atoms with Crippen LogP contribution >= 0.6 is 0 Å². The van der Waals surface area contributed by atoms with Gasteiger partial charge < -0.3 is 4.43 Å². The Labute approximate surface area is 144 Å². The van der Waals surface area contributed by atoms with E-state index >= 15 is 0 Å². The summed E-state index contributed by atoms with van der Waals surface area (Å²) >= 11 is 0. The molecule has 0 rings (SSSR count). The molecule has 0 spiro atoms. The van der Waals surface area contributed by atoms with E-state index in [0.717, 1.165) is 24.2 Å². The van der Waals surface area contributed by atoms with Crippen molar-refractivity contribution in [3.63, 3.8) is 0 Å². The van der Waals surface area contributed by atoms with Gasteiger partial charge in [-0.3, -0.25) is 4.79 Å². The molecule has 23 heavy (non-hydrogen) atoms. The quantitative estimate of drug-likeness (QED) is 0.129. The van der Waals surface area contributed by atoms with Gasteiger partial charge >= 0.3 is 0 Å². The number of Topliss-reactive ketones (excluding diaryl/α,β-unsaturated/α-hetero) is 1. The van der Waals surface area contributed by atoms with Crippen molar-refractivity contribution in [1.29, 1.82) is 0 Å². The highest BCUT2D eigenvalue weighted by Gasteiger charge is 2.39. The number of carbonyl (C=O) groups excluding carboxylic acids is 1. The van der Waals surface area contributed by atoms with Gasteiger partial charge in [0.15, 0.2) is 5.78 Å². The van der Waals surface area contributed by atoms with E-state index in [1.807, 2.05) is 19.9 Å². The third kappa shape index (κ3) is 8.78. The fourth-order valence-electron chi connectivity index (χ4n) is 1.56. The normalized spacial score (nSPS) is 12.0. The molecular weight excluding hydrogens is 300 g/mol. The van der Waals surface area contributed by atoms with E-state index in [9.17, 15) is 4.79 Å². The summed E-state index contributed by atoms with van der Waals surface area (Å²) in [6.45, 7) is 20.6. The summed E-state index contributed by atoms with van der Waals surface area (Å²) in [5.41, 5.74) is 5.04. The van der Waals surface area contributed by atoms with Gasteiger partial charge in [0.2, 0.25) is 0 Å². The van der Waals surface area contributed by atoms with Crippen LogP contribution in [0.4, 0.5) is 0 Å². The van der Waals surface area contributed by atoms with Gasteiger partial charge in [-0.1, -0.05) is 39.2 Å². The fourth-order valence-corrected chi connectivity index (χ4v) is 2.53. The average molecular weight is 335 g/mol. The van der Waals surface area contributed by atoms with Crippen LogP contribution in [0.25, 0.3) is 0 Å². The molecule has 0 aromatic carbocycles. The molecule has 0 aromatic heterocycles. The lowest BCUT2D eigenvalue weighted by molar-refractivity contribution is -0.115. The minimum atomic E-state index is -1.87. The number of ketones is 1. The zero-order valence-corrected chi connectivity index (χ0v) is 17.3. The Morgan fingerprint density at radius 1 is 1.22 bits per heavy atom. The van der Waals surface area contributed by atoms with Crippen LogP contribution in [0, 0.1) is 0 Å². The van der Waals surface area contributed by atoms with Crippen molar-refractivity contribution in [2.75, 3.05) is 0 Å². The van der Waals surface area contributed by atoms with Gasteiger partial charge in [0.05, 0.1) is 0 Å². The van der Waals surface area contributed by atoms with E-state index in [1.54, 1.807) is 6.92 Å². The van der Waals surface area contributed by atoms with Crippen LogP contribution in [-0.4, -0.2) is 14.1 Å². The van der Waals surface area contributed by atoms with Crippen LogP contribution in [0.5, 0.6) is 0 Å². The number of rotatable bonds is 8. The molecule has 0 amide bonds. The van der Waals surface area contributed by atoms with Gasteiger partial charge in [0, 0.05) is 6.42 Å². The molecule has 0 aliphatic rings. The first kappa shape index (κ1) is 21.7. The van der Waals surface area contributed by atoms with Crippen molar-refractivity contribution < 1.29 is 9.22 Å². The van der Waals surface area contributed by atoms with E-state index < -0.39 is 8.32 Å². The van der Waals surface area contributed by atoms with Gasteiger partial charge in [-0.05, 0) is 69.0 Å². The van der Waals surface area contributed by atoms with Crippen molar-refractivity contribution in [2.24, 2.45) is 0 Å². The van der Waals surface area contributed by atoms with Crippen LogP contribution in [0.2, 0.25) is 18.1 Å². The molecule has 0 aliphatic heterocycles. The van der Waals surface area contributed by atoms with E-state index in [0.29, 0.717) is 12.0 Å². The van der Waals surface area contributed by atoms with E-state index in [2.05, 4.69) is 52.3 Å². The van der Waals surface area contributed by atoms with Crippen LogP contribution in [0.15, 0.2) is 41.4 Å². The summed E-state index contributed by atoms with van der Waals surface area (Å²) in [5.74, 6) is 0.957. The monoisotopic (exact) mass is 334 g/mol. The van der Waals surface area contributed by atoms with Crippen LogP contribution < -0.4 is 0 Å². The summed E-state index contributed by atoms with van der Waals surface area (Å²) in [7, 11) is -1.87. The molecular formula is C20H34O2Si. The Balaban J connectivity index is 4.86. The van der Waals surface area contributed by atoms with Crippen LogP contribution in [0.3, 0.4) is 0 Å². The van der Waals surface area contributed by atoms with Gasteiger partial charge in [-0.2, -0.15) is 0 Å². The topological polar surface area (TPSA) is 26.3 Å². The standard InChI is InChI=1S/C20H34O2Si/c1-16(2)15-18(22-23(8,9)20(5,6)7)13-11-10-12-14-19(21)17(3)4/h11,13H,3,10,12,14H2,1-2,4-9H3/b13-11+. The third-order valence-electron chi connectivity index (χ3n) is 4.06. The van der Waals surface area contributed by atoms with E-state index in [1.165, 1.54) is 0 Å². The molecule has 0 fully saturated rings. The van der Waals surface area contributed by atoms with Gasteiger partial charge in [-0.15, -0.1) is 0 Å². The van der Waals surface area contributed by atoms with Crippen LogP contribution in [0.1, 0.15) is 60.8 Å². The number of hydrogen-bond acceptors (Lipinski definition) is 2. The smallest absolute Gasteiger partial charge is 0.251 e. The molecule has 0 saturated heterocycles. The molecule has 0 aliphatic carbocycles. The second kappa shape index (κ2) is 9.10. The van der Waals surface area contributed by atoms with Crippen molar-refractivity contribution >= 4 is 14.1 Å². The predicted molar refractivity (Wildman–Crippen MR) is 103 cm³/mol. The van der Waals surface area contributed by atoms with E-state index in [-0.39, 0.29) is 10.8 Å². The highest BCUT2D eigenvalue weighted by Crippen LogP contribution is 2.38. The molecule has 0 aromatic rings. The summed E-state index contributed by atoms with van der Waals surface area (Å²) in [6.07, 6.45) is 6.32. The van der Waals surface area contributed by atoms with Gasteiger partial charge in [0.1, 0.15) is 5.76 Å². The minimum Gasteiger partial charge on any atom is -0.538 e. The second-order valence-electron chi connectivity index (χ2n) is 7.85. The van der Waals surface area contributed by atoms with Crippen LogP contribution in [-0.2, 0) is 9.22 Å². The maximum absolute atomic E-state index is 11.5. The Morgan fingerprint density at radius 2 is 1.78 bits per heavy atom. The van der Waals surface area contributed by atoms with Crippen molar-refractivity contribution in [3.8, 4) is 0 Å². The zero-order chi connectivity index (χ0) is 18.3. The number of allylic oxidation sites excluding steroid dienone is 3. The predicted octanol–water partition coefficient (Wildman–Crippen LogP) is 6.33. The minimum absolute atomic E-state index is 0.149. The lowest BCUT2D eigenvalue weighted by Gasteiger charge is -2.36. The molecule has 0 N–H and O–H groups in total. The largest absolute Gasteiger partial charge is 0.538 e. The highest BCUT2D eigenvalue weighted by molar-refractivity contribution is 6.74. The van der Waals surface area contributed by atoms with Gasteiger partial charge in [0.25, 0.3) is 8.32 Å². The Morgan fingerprint density at radius 3 is 2.22 bits per heavy atom. The first-order valence-corrected chi connectivity index (χ1v) is 11.3. The Hall–Kier alpha value is -1.31. The number of unbranched alkanes of at least 4 members (excludes halogenated alkanes) is 1. The first-order valence-electron chi connectivity index (χ1n) is 8.35. The SMILES string of the molecule is C=C(C)C(=O)CCC/C=C/C(=C=C(C)C)O[Si](C)(C)C(C)(C)C. The Bertz CT molecular complexity index is 520. The molecule has 0 saturated carbocycles. The molecule has 0 heterocycles. The molecule has 2 nitrogen and oxygen atoms in total. The molecule has 0 atom stereocenters. The average Bonchev–Trinajstić information content (AvgIpc) is 2.35. The third-order valence-corrected chi connectivity index (χ3v) is 8.41. The summed E-state index contributed by atoms with van der Waals surface area (Å²) in [6, 6.07) is 0. The van der Waals surface area contributed by atoms with Crippen molar-refractivity contribution in [1.82, 2.24) is 0 Å². The molecule has 0 radical (unpaired) electrons. The summed E-state index contributed by atoms with van der Waals surface area (Å²) in [5, 5.41) is 0.156. The maximum atomic E-state index is 11.5. The maximum Gasteiger partial charge on any atom is 0.251 e. The zero-order valence-electron chi connectivity index (χ0n) is 16.3. The highest BCUT2D eigenvalue weighted by atomic mass is 28.4. The van der Waals surface area contributed by atoms with Gasteiger partial charge in [-0.25, -0.2) is 0 Å². The molecule has 0 bridgehead atoms. The Kier molecular flexibility index (Phi) is 8.58. The lowest BCUT2D eigenvalue weighted by Crippen LogP contribution is -2.40. The number of hydrogen-bond donors (Lipinski definition) is 0. The second-order valence-corrected chi connectivity index (χ2v) is 12.6. The fraction of sp³-hybridized carbons (Fsp3) is 0.600.